The number of carbonyl (C=O) groups is 2. The first-order valence-electron chi connectivity index (χ1n) is 8.68. The van der Waals surface area contributed by atoms with Crippen molar-refractivity contribution < 1.29 is 19.8 Å². The molecule has 7 heteroatoms. The Morgan fingerprint density at radius 2 is 2.08 bits per heavy atom. The fourth-order valence-corrected chi connectivity index (χ4v) is 3.22. The van der Waals surface area contributed by atoms with Crippen LogP contribution in [0.1, 0.15) is 32.3 Å². The number of rotatable bonds is 8. The number of hydrogen-bond acceptors (Lipinski definition) is 4. The molecule has 4 N–H and O–H groups in total. The van der Waals surface area contributed by atoms with Crippen LogP contribution < -0.4 is 10.6 Å². The Morgan fingerprint density at radius 3 is 2.68 bits per heavy atom. The maximum Gasteiger partial charge on any atom is 0.317 e. The number of benzene rings is 1. The van der Waals surface area contributed by atoms with Crippen molar-refractivity contribution in [1.29, 1.82) is 0 Å². The summed E-state index contributed by atoms with van der Waals surface area (Å²) in [4.78, 5) is 24.8. The van der Waals surface area contributed by atoms with Crippen LogP contribution in [0.3, 0.4) is 0 Å². The molecule has 0 saturated heterocycles. The van der Waals surface area contributed by atoms with E-state index >= 15 is 0 Å². The van der Waals surface area contributed by atoms with E-state index < -0.39 is 5.97 Å². The van der Waals surface area contributed by atoms with Crippen molar-refractivity contribution in [3.05, 3.63) is 29.8 Å². The monoisotopic (exact) mass is 349 g/mol. The first-order chi connectivity index (χ1) is 11.9. The molecule has 1 aliphatic rings. The van der Waals surface area contributed by atoms with E-state index in [1.807, 2.05) is 24.8 Å². The molecular weight excluding hydrogens is 322 g/mol. The standard InChI is InChI=1S/C18H27N3O4/c1-3-21(11-17(23)24)15-9-14(10-15)20-18(25)19-12(2)7-13-5-4-6-16(22)8-13/h4-6,8,12,14-15,22H,3,7,9-11H2,1-2H3,(H,23,24)(H2,19,20,25). The average molecular weight is 349 g/mol. The molecule has 0 aromatic heterocycles. The Balaban J connectivity index is 1.70. The van der Waals surface area contributed by atoms with Crippen LogP contribution >= 0.6 is 0 Å². The van der Waals surface area contributed by atoms with E-state index in [2.05, 4.69) is 10.6 Å². The summed E-state index contributed by atoms with van der Waals surface area (Å²) in [7, 11) is 0. The van der Waals surface area contributed by atoms with Gasteiger partial charge in [0.2, 0.25) is 0 Å². The number of urea groups is 1. The summed E-state index contributed by atoms with van der Waals surface area (Å²) in [6.07, 6.45) is 2.18. The SMILES string of the molecule is CCN(CC(=O)O)C1CC(NC(=O)NC(C)Cc2cccc(O)c2)C1. The number of phenolic OH excluding ortho intramolecular Hbond substituents is 1. The lowest BCUT2D eigenvalue weighted by Gasteiger charge is -2.42. The molecule has 1 aromatic carbocycles. The third-order valence-electron chi connectivity index (χ3n) is 4.54. The average Bonchev–Trinajstić information content (AvgIpc) is 2.48. The largest absolute Gasteiger partial charge is 0.508 e. The summed E-state index contributed by atoms with van der Waals surface area (Å²) in [5.41, 5.74) is 0.962. The van der Waals surface area contributed by atoms with Crippen LogP contribution in [0, 0.1) is 0 Å². The van der Waals surface area contributed by atoms with Crippen molar-refractivity contribution in [2.75, 3.05) is 13.1 Å². The number of likely N-dealkylation sites (N-methyl/N-ethyl adjacent to an activating group) is 1. The molecule has 1 aliphatic carbocycles. The molecule has 2 amide bonds. The predicted octanol–water partition coefficient (Wildman–Crippen LogP) is 1.56. The van der Waals surface area contributed by atoms with Crippen molar-refractivity contribution in [2.24, 2.45) is 0 Å². The highest BCUT2D eigenvalue weighted by molar-refractivity contribution is 5.74. The van der Waals surface area contributed by atoms with E-state index in [1.165, 1.54) is 0 Å². The summed E-state index contributed by atoms with van der Waals surface area (Å²) in [5, 5.41) is 24.2. The van der Waals surface area contributed by atoms with Crippen molar-refractivity contribution >= 4 is 12.0 Å². The van der Waals surface area contributed by atoms with Gasteiger partial charge in [-0.05, 0) is 50.4 Å². The summed E-state index contributed by atoms with van der Waals surface area (Å²) in [5.74, 6) is -0.603. The molecule has 1 aromatic rings. The zero-order valence-electron chi connectivity index (χ0n) is 14.7. The minimum Gasteiger partial charge on any atom is -0.508 e. The number of amides is 2. The van der Waals surface area contributed by atoms with Crippen molar-refractivity contribution in [3.63, 3.8) is 0 Å². The molecule has 1 saturated carbocycles. The Hall–Kier alpha value is -2.28. The number of carboxylic acid groups (broad SMARTS) is 1. The number of aromatic hydroxyl groups is 1. The maximum atomic E-state index is 12.1. The lowest BCUT2D eigenvalue weighted by molar-refractivity contribution is -0.139. The maximum absolute atomic E-state index is 12.1. The lowest BCUT2D eigenvalue weighted by atomic mass is 9.85. The lowest BCUT2D eigenvalue weighted by Crippen LogP contribution is -2.57. The highest BCUT2D eigenvalue weighted by atomic mass is 16.4. The molecular formula is C18H27N3O4. The number of carbonyl (C=O) groups excluding carboxylic acids is 1. The molecule has 0 heterocycles. The smallest absolute Gasteiger partial charge is 0.317 e. The number of nitrogens with zero attached hydrogens (tertiary/aromatic N) is 1. The summed E-state index contributed by atoms with van der Waals surface area (Å²) >= 11 is 0. The molecule has 1 unspecified atom stereocenters. The van der Waals surface area contributed by atoms with Gasteiger partial charge in [-0.15, -0.1) is 0 Å². The molecule has 0 radical (unpaired) electrons. The van der Waals surface area contributed by atoms with Crippen molar-refractivity contribution in [2.45, 2.75) is 51.2 Å². The number of carboxylic acids is 1. The van der Waals surface area contributed by atoms with Crippen molar-refractivity contribution in [3.8, 4) is 5.75 Å². The van der Waals surface area contributed by atoms with Gasteiger partial charge in [0, 0.05) is 18.1 Å². The van der Waals surface area contributed by atoms with Gasteiger partial charge in [-0.2, -0.15) is 0 Å². The van der Waals surface area contributed by atoms with Gasteiger partial charge >= 0.3 is 12.0 Å². The first-order valence-corrected chi connectivity index (χ1v) is 8.68. The Morgan fingerprint density at radius 1 is 1.36 bits per heavy atom. The third kappa shape index (κ3) is 5.94. The molecule has 138 valence electrons. The molecule has 1 atom stereocenters. The van der Waals surface area contributed by atoms with Gasteiger partial charge in [0.25, 0.3) is 0 Å². The van der Waals surface area contributed by atoms with Crippen LogP contribution in [-0.2, 0) is 11.2 Å². The van der Waals surface area contributed by atoms with Crippen LogP contribution in [0.4, 0.5) is 4.79 Å². The summed E-state index contributed by atoms with van der Waals surface area (Å²) in [6, 6.07) is 7.03. The van der Waals surface area contributed by atoms with Crippen LogP contribution in [0.25, 0.3) is 0 Å². The van der Waals surface area contributed by atoms with E-state index in [9.17, 15) is 14.7 Å². The zero-order chi connectivity index (χ0) is 18.4. The molecule has 2 rings (SSSR count). The first kappa shape index (κ1) is 19.1. The minimum atomic E-state index is -0.822. The van der Waals surface area contributed by atoms with Crippen molar-refractivity contribution in [1.82, 2.24) is 15.5 Å². The van der Waals surface area contributed by atoms with Gasteiger partial charge in [-0.25, -0.2) is 4.79 Å². The predicted molar refractivity (Wildman–Crippen MR) is 94.6 cm³/mol. The molecule has 7 nitrogen and oxygen atoms in total. The highest BCUT2D eigenvalue weighted by Gasteiger charge is 2.34. The van der Waals surface area contributed by atoms with Gasteiger partial charge in [0.15, 0.2) is 0 Å². The summed E-state index contributed by atoms with van der Waals surface area (Å²) in [6.45, 7) is 4.59. The number of hydrogen-bond donors (Lipinski definition) is 4. The van der Waals surface area contributed by atoms with E-state index in [4.69, 9.17) is 5.11 Å². The number of phenols is 1. The molecule has 0 bridgehead atoms. The van der Waals surface area contributed by atoms with E-state index in [0.717, 1.165) is 18.4 Å². The molecule has 25 heavy (non-hydrogen) atoms. The van der Waals surface area contributed by atoms with E-state index in [-0.39, 0.29) is 36.5 Å². The Kier molecular flexibility index (Phi) is 6.64. The van der Waals surface area contributed by atoms with E-state index in [0.29, 0.717) is 13.0 Å². The number of aliphatic carboxylic acids is 1. The zero-order valence-corrected chi connectivity index (χ0v) is 14.7. The molecule has 0 aliphatic heterocycles. The van der Waals surface area contributed by atoms with Gasteiger partial charge in [0.1, 0.15) is 5.75 Å². The van der Waals surface area contributed by atoms with Crippen LogP contribution in [0.5, 0.6) is 5.75 Å². The fourth-order valence-electron chi connectivity index (χ4n) is 3.22. The third-order valence-corrected chi connectivity index (χ3v) is 4.54. The quantitative estimate of drug-likeness (QED) is 0.570. The van der Waals surface area contributed by atoms with Crippen LogP contribution in [-0.4, -0.2) is 58.3 Å². The normalized spacial score (nSPS) is 20.6. The Labute approximate surface area is 148 Å². The Bertz CT molecular complexity index is 602. The second-order valence-electron chi connectivity index (χ2n) is 6.67. The number of nitrogens with one attached hydrogen (secondary N) is 2. The molecule has 1 fully saturated rings. The van der Waals surface area contributed by atoms with Gasteiger partial charge in [-0.3, -0.25) is 9.69 Å². The van der Waals surface area contributed by atoms with Crippen LogP contribution in [0.15, 0.2) is 24.3 Å². The van der Waals surface area contributed by atoms with Gasteiger partial charge in [0.05, 0.1) is 6.54 Å². The fraction of sp³-hybridized carbons (Fsp3) is 0.556. The van der Waals surface area contributed by atoms with Gasteiger partial charge < -0.3 is 20.8 Å². The van der Waals surface area contributed by atoms with Gasteiger partial charge in [-0.1, -0.05) is 19.1 Å². The summed E-state index contributed by atoms with van der Waals surface area (Å²) < 4.78 is 0. The van der Waals surface area contributed by atoms with Crippen LogP contribution in [0.2, 0.25) is 0 Å². The second kappa shape index (κ2) is 8.71. The topological polar surface area (TPSA) is 102 Å². The second-order valence-corrected chi connectivity index (χ2v) is 6.67. The molecule has 0 spiro atoms. The minimum absolute atomic E-state index is 0.0427. The highest BCUT2D eigenvalue weighted by Crippen LogP contribution is 2.25. The van der Waals surface area contributed by atoms with E-state index in [1.54, 1.807) is 18.2 Å².